The maximum Gasteiger partial charge on any atom is 0.254 e. The van der Waals surface area contributed by atoms with Gasteiger partial charge in [0, 0.05) is 38.6 Å². The van der Waals surface area contributed by atoms with Gasteiger partial charge in [-0.25, -0.2) is 0 Å². The van der Waals surface area contributed by atoms with Gasteiger partial charge in [0.05, 0.1) is 12.6 Å². The van der Waals surface area contributed by atoms with Crippen LogP contribution >= 0.6 is 11.8 Å². The Morgan fingerprint density at radius 2 is 1.93 bits per heavy atom. The van der Waals surface area contributed by atoms with E-state index in [1.165, 1.54) is 0 Å². The fourth-order valence-electron chi connectivity index (χ4n) is 3.48. The van der Waals surface area contributed by atoms with Crippen LogP contribution in [-0.4, -0.2) is 59.5 Å². The van der Waals surface area contributed by atoms with Crippen LogP contribution in [0.1, 0.15) is 47.6 Å². The molecule has 1 saturated heterocycles. The van der Waals surface area contributed by atoms with E-state index in [4.69, 9.17) is 9.47 Å². The zero-order chi connectivity index (χ0) is 19.9. The fraction of sp³-hybridized carbons (Fsp3) is 0.550. The highest BCUT2D eigenvalue weighted by atomic mass is 32.2. The molecule has 1 unspecified atom stereocenters. The van der Waals surface area contributed by atoms with Crippen molar-refractivity contribution in [2.45, 2.75) is 43.3 Å². The summed E-state index contributed by atoms with van der Waals surface area (Å²) in [6.45, 7) is 4.73. The summed E-state index contributed by atoms with van der Waals surface area (Å²) in [5.74, 6) is 1.56. The Labute approximate surface area is 170 Å². The summed E-state index contributed by atoms with van der Waals surface area (Å²) in [6, 6.07) is 7.94. The van der Waals surface area contributed by atoms with Gasteiger partial charge in [0.1, 0.15) is 6.61 Å². The van der Waals surface area contributed by atoms with Crippen molar-refractivity contribution in [3.05, 3.63) is 41.2 Å². The highest BCUT2D eigenvalue weighted by molar-refractivity contribution is 7.98. The number of amides is 1. The molecule has 1 aromatic carbocycles. The lowest BCUT2D eigenvalue weighted by Gasteiger charge is -2.18. The van der Waals surface area contributed by atoms with Crippen molar-refractivity contribution in [3.63, 3.8) is 0 Å². The fourth-order valence-corrected chi connectivity index (χ4v) is 4.54. The van der Waals surface area contributed by atoms with Crippen LogP contribution in [0.25, 0.3) is 0 Å². The molecular formula is C20H28N4O3S. The van der Waals surface area contributed by atoms with Gasteiger partial charge in [-0.1, -0.05) is 30.0 Å². The molecule has 0 N–H and O–H groups in total. The number of nitrogens with zero attached hydrogens (tertiary/aromatic N) is 4. The predicted octanol–water partition coefficient (Wildman–Crippen LogP) is 3.16. The molecule has 0 aliphatic carbocycles. The monoisotopic (exact) mass is 404 g/mol. The molecule has 1 aliphatic rings. The molecular weight excluding hydrogens is 376 g/mol. The van der Waals surface area contributed by atoms with Crippen LogP contribution in [0.3, 0.4) is 0 Å². The minimum atomic E-state index is 0.0918. The average Bonchev–Trinajstić information content (AvgIpc) is 3.37. The summed E-state index contributed by atoms with van der Waals surface area (Å²) >= 11 is 1.58. The van der Waals surface area contributed by atoms with E-state index in [-0.39, 0.29) is 11.9 Å². The van der Waals surface area contributed by atoms with Gasteiger partial charge in [-0.15, -0.1) is 10.2 Å². The molecule has 2 heterocycles. The first-order valence-corrected chi connectivity index (χ1v) is 10.6. The highest BCUT2D eigenvalue weighted by Gasteiger charge is 2.23. The molecule has 0 radical (unpaired) electrons. The van der Waals surface area contributed by atoms with E-state index in [2.05, 4.69) is 21.7 Å². The van der Waals surface area contributed by atoms with Crippen LogP contribution in [0.2, 0.25) is 0 Å². The predicted molar refractivity (Wildman–Crippen MR) is 108 cm³/mol. The van der Waals surface area contributed by atoms with E-state index >= 15 is 0 Å². The molecule has 28 heavy (non-hydrogen) atoms. The molecule has 7 nitrogen and oxygen atoms in total. The Balaban J connectivity index is 1.78. The standard InChI is InChI=1S/C20H28N4O3S/c1-15(12-26-2)24-18(13-27-3)21-22-20(24)28-14-16-8-4-5-9-17(16)19(25)23-10-6-7-11-23/h4-5,8-9,15H,6-7,10-14H2,1-3H3. The molecule has 8 heteroatoms. The smallest absolute Gasteiger partial charge is 0.254 e. The number of carbonyl (C=O) groups is 1. The molecule has 0 saturated carbocycles. The number of hydrogen-bond acceptors (Lipinski definition) is 6. The molecule has 1 fully saturated rings. The molecule has 3 rings (SSSR count). The second kappa shape index (κ2) is 10.0. The van der Waals surface area contributed by atoms with Crippen LogP contribution in [0.5, 0.6) is 0 Å². The Kier molecular flexibility index (Phi) is 7.47. The van der Waals surface area contributed by atoms with Crippen molar-refractivity contribution in [1.82, 2.24) is 19.7 Å². The number of thioether (sulfide) groups is 1. The first-order valence-electron chi connectivity index (χ1n) is 9.57. The first kappa shape index (κ1) is 20.8. The van der Waals surface area contributed by atoms with E-state index in [9.17, 15) is 4.79 Å². The maximum absolute atomic E-state index is 12.9. The number of hydrogen-bond donors (Lipinski definition) is 0. The van der Waals surface area contributed by atoms with Gasteiger partial charge in [0.2, 0.25) is 0 Å². The SMILES string of the molecule is COCc1nnc(SCc2ccccc2C(=O)N2CCCC2)n1C(C)COC. The highest BCUT2D eigenvalue weighted by Crippen LogP contribution is 2.27. The van der Waals surface area contributed by atoms with Crippen LogP contribution < -0.4 is 0 Å². The van der Waals surface area contributed by atoms with Crippen molar-refractivity contribution >= 4 is 17.7 Å². The Morgan fingerprint density at radius 3 is 2.64 bits per heavy atom. The lowest BCUT2D eigenvalue weighted by Crippen LogP contribution is -2.28. The van der Waals surface area contributed by atoms with E-state index < -0.39 is 0 Å². The number of ether oxygens (including phenoxy) is 2. The molecule has 1 atom stereocenters. The normalized spacial score (nSPS) is 15.2. The summed E-state index contributed by atoms with van der Waals surface area (Å²) in [7, 11) is 3.33. The maximum atomic E-state index is 12.9. The molecule has 152 valence electrons. The minimum absolute atomic E-state index is 0.0918. The van der Waals surface area contributed by atoms with Gasteiger partial charge in [-0.2, -0.15) is 0 Å². The molecule has 2 aromatic rings. The quantitative estimate of drug-likeness (QED) is 0.598. The molecule has 0 bridgehead atoms. The second-order valence-electron chi connectivity index (χ2n) is 6.95. The number of rotatable bonds is 9. The summed E-state index contributed by atoms with van der Waals surface area (Å²) in [5, 5.41) is 9.43. The van der Waals surface area contributed by atoms with Crippen molar-refractivity contribution in [2.24, 2.45) is 0 Å². The lowest BCUT2D eigenvalue weighted by atomic mass is 10.1. The Morgan fingerprint density at radius 1 is 1.18 bits per heavy atom. The number of carbonyl (C=O) groups excluding carboxylic acids is 1. The zero-order valence-electron chi connectivity index (χ0n) is 16.8. The third-order valence-electron chi connectivity index (χ3n) is 4.86. The number of benzene rings is 1. The van der Waals surface area contributed by atoms with Gasteiger partial charge in [-0.3, -0.25) is 9.36 Å². The van der Waals surface area contributed by atoms with E-state index in [0.717, 1.165) is 48.0 Å². The van der Waals surface area contributed by atoms with Gasteiger partial charge in [0.25, 0.3) is 5.91 Å². The first-order chi connectivity index (χ1) is 13.7. The molecule has 0 spiro atoms. The van der Waals surface area contributed by atoms with Gasteiger partial charge in [0.15, 0.2) is 11.0 Å². The second-order valence-corrected chi connectivity index (χ2v) is 7.89. The van der Waals surface area contributed by atoms with Crippen LogP contribution in [-0.2, 0) is 21.8 Å². The molecule has 1 amide bonds. The molecule has 1 aromatic heterocycles. The molecule has 1 aliphatic heterocycles. The van der Waals surface area contributed by atoms with Crippen LogP contribution in [0, 0.1) is 0 Å². The topological polar surface area (TPSA) is 69.5 Å². The van der Waals surface area contributed by atoms with Crippen molar-refractivity contribution in [3.8, 4) is 0 Å². The summed E-state index contributed by atoms with van der Waals surface area (Å²) in [5.41, 5.74) is 1.80. The van der Waals surface area contributed by atoms with E-state index in [1.54, 1.807) is 26.0 Å². The van der Waals surface area contributed by atoms with Crippen molar-refractivity contribution < 1.29 is 14.3 Å². The summed E-state index contributed by atoms with van der Waals surface area (Å²) < 4.78 is 12.6. The Bertz CT molecular complexity index is 790. The Hall–Kier alpha value is -1.90. The average molecular weight is 405 g/mol. The third kappa shape index (κ3) is 4.74. The van der Waals surface area contributed by atoms with E-state index in [1.807, 2.05) is 29.2 Å². The largest absolute Gasteiger partial charge is 0.383 e. The van der Waals surface area contributed by atoms with Gasteiger partial charge >= 0.3 is 0 Å². The number of aromatic nitrogens is 3. The summed E-state index contributed by atoms with van der Waals surface area (Å²) in [4.78, 5) is 14.8. The van der Waals surface area contributed by atoms with Gasteiger partial charge < -0.3 is 14.4 Å². The number of likely N-dealkylation sites (tertiary alicyclic amines) is 1. The van der Waals surface area contributed by atoms with Crippen molar-refractivity contribution in [2.75, 3.05) is 33.9 Å². The lowest BCUT2D eigenvalue weighted by molar-refractivity contribution is 0.0792. The summed E-state index contributed by atoms with van der Waals surface area (Å²) in [6.07, 6.45) is 2.18. The van der Waals surface area contributed by atoms with Crippen LogP contribution in [0.15, 0.2) is 29.4 Å². The minimum Gasteiger partial charge on any atom is -0.383 e. The zero-order valence-corrected chi connectivity index (χ0v) is 17.6. The third-order valence-corrected chi connectivity index (χ3v) is 5.85. The van der Waals surface area contributed by atoms with Gasteiger partial charge in [-0.05, 0) is 31.4 Å². The van der Waals surface area contributed by atoms with Crippen molar-refractivity contribution in [1.29, 1.82) is 0 Å². The number of methoxy groups -OCH3 is 2. The van der Waals surface area contributed by atoms with Crippen LogP contribution in [0.4, 0.5) is 0 Å². The van der Waals surface area contributed by atoms with E-state index in [0.29, 0.717) is 19.0 Å².